The maximum absolute atomic E-state index is 8.84. The van der Waals surface area contributed by atoms with Crippen molar-refractivity contribution in [1.82, 2.24) is 4.90 Å². The summed E-state index contributed by atoms with van der Waals surface area (Å²) in [5.74, 6) is 0. The third kappa shape index (κ3) is 10.1. The van der Waals surface area contributed by atoms with Gasteiger partial charge in [-0.05, 0) is 19.4 Å². The van der Waals surface area contributed by atoms with Gasteiger partial charge in [-0.25, -0.2) is 0 Å². The molecule has 0 aromatic rings. The normalized spacial score (nSPS) is 11.2. The molecule has 0 aliphatic carbocycles. The van der Waals surface area contributed by atoms with Crippen molar-refractivity contribution < 1.29 is 14.6 Å². The molecule has 0 amide bonds. The number of nitrogens with zero attached hydrogens (tertiary/aromatic N) is 1. The molecule has 0 spiro atoms. The third-order valence-corrected chi connectivity index (χ3v) is 2.15. The van der Waals surface area contributed by atoms with E-state index in [1.807, 2.05) is 0 Å². The van der Waals surface area contributed by atoms with Crippen LogP contribution in [0.4, 0.5) is 0 Å². The SMILES string of the molecule is CCCN(CCO)CCOCCCOC. The van der Waals surface area contributed by atoms with Crippen LogP contribution >= 0.6 is 0 Å². The molecule has 0 bridgehead atoms. The van der Waals surface area contributed by atoms with E-state index in [-0.39, 0.29) is 6.61 Å². The third-order valence-electron chi connectivity index (χ3n) is 2.15. The molecule has 0 aliphatic heterocycles. The molecule has 92 valence electrons. The van der Waals surface area contributed by atoms with E-state index in [1.165, 1.54) is 0 Å². The second-order valence-corrected chi connectivity index (χ2v) is 3.52. The number of aliphatic hydroxyl groups excluding tert-OH is 1. The molecule has 0 aromatic heterocycles. The number of methoxy groups -OCH3 is 1. The number of hydrogen-bond donors (Lipinski definition) is 1. The Morgan fingerprint density at radius 2 is 1.87 bits per heavy atom. The zero-order valence-electron chi connectivity index (χ0n) is 10.1. The molecule has 0 fully saturated rings. The van der Waals surface area contributed by atoms with Crippen LogP contribution in [0.15, 0.2) is 0 Å². The first-order chi connectivity index (χ1) is 7.35. The second kappa shape index (κ2) is 11.9. The van der Waals surface area contributed by atoms with Crippen LogP contribution in [0.25, 0.3) is 0 Å². The highest BCUT2D eigenvalue weighted by atomic mass is 16.5. The van der Waals surface area contributed by atoms with E-state index in [2.05, 4.69) is 11.8 Å². The number of ether oxygens (including phenoxy) is 2. The largest absolute Gasteiger partial charge is 0.395 e. The van der Waals surface area contributed by atoms with Crippen LogP contribution in [0, 0.1) is 0 Å². The van der Waals surface area contributed by atoms with E-state index in [1.54, 1.807) is 7.11 Å². The van der Waals surface area contributed by atoms with Gasteiger partial charge in [0.2, 0.25) is 0 Å². The van der Waals surface area contributed by atoms with Crippen LogP contribution in [-0.2, 0) is 9.47 Å². The standard InChI is InChI=1S/C11H25NO3/c1-3-5-12(6-8-13)7-11-15-10-4-9-14-2/h13H,3-11H2,1-2H3. The van der Waals surface area contributed by atoms with Gasteiger partial charge in [-0.15, -0.1) is 0 Å². The van der Waals surface area contributed by atoms with Gasteiger partial charge in [0, 0.05) is 33.4 Å². The predicted octanol–water partition coefficient (Wildman–Crippen LogP) is 0.744. The molecule has 4 nitrogen and oxygen atoms in total. The molecule has 0 heterocycles. The Kier molecular flexibility index (Phi) is 11.8. The lowest BCUT2D eigenvalue weighted by Crippen LogP contribution is -2.31. The molecule has 0 saturated heterocycles. The predicted molar refractivity (Wildman–Crippen MR) is 61.1 cm³/mol. The van der Waals surface area contributed by atoms with Crippen molar-refractivity contribution in [2.24, 2.45) is 0 Å². The van der Waals surface area contributed by atoms with Gasteiger partial charge >= 0.3 is 0 Å². The molecular formula is C11H25NO3. The summed E-state index contributed by atoms with van der Waals surface area (Å²) in [4.78, 5) is 2.22. The summed E-state index contributed by atoms with van der Waals surface area (Å²) in [6.45, 7) is 7.30. The molecule has 0 radical (unpaired) electrons. The van der Waals surface area contributed by atoms with E-state index in [0.29, 0.717) is 0 Å². The van der Waals surface area contributed by atoms with Gasteiger partial charge in [0.15, 0.2) is 0 Å². The van der Waals surface area contributed by atoms with Gasteiger partial charge in [0.05, 0.1) is 13.2 Å². The Morgan fingerprint density at radius 3 is 2.47 bits per heavy atom. The minimum atomic E-state index is 0.226. The summed E-state index contributed by atoms with van der Waals surface area (Å²) in [5, 5.41) is 8.84. The Morgan fingerprint density at radius 1 is 1.07 bits per heavy atom. The molecule has 15 heavy (non-hydrogen) atoms. The molecule has 0 unspecified atom stereocenters. The minimum absolute atomic E-state index is 0.226. The van der Waals surface area contributed by atoms with Gasteiger partial charge < -0.3 is 14.6 Å². The van der Waals surface area contributed by atoms with Crippen molar-refractivity contribution in [3.05, 3.63) is 0 Å². The number of hydrogen-bond acceptors (Lipinski definition) is 4. The van der Waals surface area contributed by atoms with Gasteiger partial charge in [-0.1, -0.05) is 6.92 Å². The van der Waals surface area contributed by atoms with Gasteiger partial charge in [-0.2, -0.15) is 0 Å². The molecule has 4 heteroatoms. The Bertz CT molecular complexity index is 116. The Balaban J connectivity index is 3.28. The summed E-state index contributed by atoms with van der Waals surface area (Å²) in [7, 11) is 1.70. The first-order valence-electron chi connectivity index (χ1n) is 5.75. The van der Waals surface area contributed by atoms with Crippen molar-refractivity contribution in [2.45, 2.75) is 19.8 Å². The molecule has 1 N–H and O–H groups in total. The topological polar surface area (TPSA) is 41.9 Å². The van der Waals surface area contributed by atoms with E-state index in [4.69, 9.17) is 14.6 Å². The van der Waals surface area contributed by atoms with E-state index in [9.17, 15) is 0 Å². The first-order valence-corrected chi connectivity index (χ1v) is 5.75. The van der Waals surface area contributed by atoms with Crippen LogP contribution in [0.2, 0.25) is 0 Å². The van der Waals surface area contributed by atoms with Crippen molar-refractivity contribution in [2.75, 3.05) is 53.2 Å². The lowest BCUT2D eigenvalue weighted by molar-refractivity contribution is 0.0789. The van der Waals surface area contributed by atoms with Crippen LogP contribution in [0.5, 0.6) is 0 Å². The van der Waals surface area contributed by atoms with E-state index in [0.717, 1.165) is 52.3 Å². The van der Waals surface area contributed by atoms with Gasteiger partial charge in [0.1, 0.15) is 0 Å². The number of aliphatic hydroxyl groups is 1. The van der Waals surface area contributed by atoms with Crippen molar-refractivity contribution in [3.8, 4) is 0 Å². The van der Waals surface area contributed by atoms with Crippen LogP contribution in [-0.4, -0.2) is 63.2 Å². The van der Waals surface area contributed by atoms with Crippen molar-refractivity contribution in [1.29, 1.82) is 0 Å². The lowest BCUT2D eigenvalue weighted by Gasteiger charge is -2.20. The first kappa shape index (κ1) is 14.8. The second-order valence-electron chi connectivity index (χ2n) is 3.52. The lowest BCUT2D eigenvalue weighted by atomic mass is 10.4. The van der Waals surface area contributed by atoms with E-state index < -0.39 is 0 Å². The average molecular weight is 219 g/mol. The van der Waals surface area contributed by atoms with Crippen molar-refractivity contribution in [3.63, 3.8) is 0 Å². The molecule has 0 aliphatic rings. The molecular weight excluding hydrogens is 194 g/mol. The van der Waals surface area contributed by atoms with Gasteiger partial charge in [0.25, 0.3) is 0 Å². The highest BCUT2D eigenvalue weighted by molar-refractivity contribution is 4.55. The maximum Gasteiger partial charge on any atom is 0.0593 e. The Labute approximate surface area is 93.2 Å². The summed E-state index contributed by atoms with van der Waals surface area (Å²) in [6.07, 6.45) is 2.06. The van der Waals surface area contributed by atoms with Gasteiger partial charge in [-0.3, -0.25) is 4.90 Å². The van der Waals surface area contributed by atoms with Crippen LogP contribution in [0.1, 0.15) is 19.8 Å². The fourth-order valence-electron chi connectivity index (χ4n) is 1.39. The molecule has 0 rings (SSSR count). The Hall–Kier alpha value is -0.160. The quantitative estimate of drug-likeness (QED) is 0.521. The summed E-state index contributed by atoms with van der Waals surface area (Å²) in [5.41, 5.74) is 0. The highest BCUT2D eigenvalue weighted by Crippen LogP contribution is 1.92. The van der Waals surface area contributed by atoms with Crippen molar-refractivity contribution >= 4 is 0 Å². The van der Waals surface area contributed by atoms with Crippen LogP contribution in [0.3, 0.4) is 0 Å². The molecule has 0 saturated carbocycles. The monoisotopic (exact) mass is 219 g/mol. The molecule has 0 aromatic carbocycles. The summed E-state index contributed by atoms with van der Waals surface area (Å²) in [6, 6.07) is 0. The average Bonchev–Trinajstić information content (AvgIpc) is 2.24. The zero-order valence-corrected chi connectivity index (χ0v) is 10.1. The molecule has 0 atom stereocenters. The number of rotatable bonds is 11. The summed E-state index contributed by atoms with van der Waals surface area (Å²) >= 11 is 0. The fourth-order valence-corrected chi connectivity index (χ4v) is 1.39. The highest BCUT2D eigenvalue weighted by Gasteiger charge is 2.01. The van der Waals surface area contributed by atoms with Crippen LogP contribution < -0.4 is 0 Å². The van der Waals surface area contributed by atoms with E-state index >= 15 is 0 Å². The fraction of sp³-hybridized carbons (Fsp3) is 1.00. The minimum Gasteiger partial charge on any atom is -0.395 e. The maximum atomic E-state index is 8.84. The summed E-state index contributed by atoms with van der Waals surface area (Å²) < 4.78 is 10.4. The zero-order chi connectivity index (χ0) is 11.4. The smallest absolute Gasteiger partial charge is 0.0593 e.